The predicted molar refractivity (Wildman–Crippen MR) is 93.0 cm³/mol. The molecule has 0 aliphatic heterocycles. The van der Waals surface area contributed by atoms with Crippen LogP contribution in [0.2, 0.25) is 0 Å². The van der Waals surface area contributed by atoms with Crippen LogP contribution in [-0.4, -0.2) is 17.7 Å². The number of benzene rings is 1. The smallest absolute Gasteiger partial charge is 0.303 e. The minimum atomic E-state index is -0.700. The summed E-state index contributed by atoms with van der Waals surface area (Å²) in [5.41, 5.74) is 1.46. The van der Waals surface area contributed by atoms with E-state index in [2.05, 4.69) is 31.2 Å². The molecule has 0 radical (unpaired) electrons. The van der Waals surface area contributed by atoms with Crippen molar-refractivity contribution in [2.45, 2.75) is 70.6 Å². The Morgan fingerprint density at radius 2 is 1.70 bits per heavy atom. The zero-order valence-corrected chi connectivity index (χ0v) is 14.3. The van der Waals surface area contributed by atoms with Gasteiger partial charge in [0.2, 0.25) is 0 Å². The summed E-state index contributed by atoms with van der Waals surface area (Å²) in [6.45, 7) is 3.07. The third-order valence-electron chi connectivity index (χ3n) is 4.92. The predicted octanol–water partition coefficient (Wildman–Crippen LogP) is 5.39. The Morgan fingerprint density at radius 3 is 2.35 bits per heavy atom. The van der Waals surface area contributed by atoms with Gasteiger partial charge in [-0.25, -0.2) is 0 Å². The summed E-state index contributed by atoms with van der Waals surface area (Å²) >= 11 is 0. The Labute approximate surface area is 140 Å². The fourth-order valence-corrected chi connectivity index (χ4v) is 3.35. The normalized spacial score (nSPS) is 21.1. The number of unbranched alkanes of at least 4 members (excludes halogenated alkanes) is 3. The summed E-state index contributed by atoms with van der Waals surface area (Å²) in [6.07, 6.45) is 9.37. The molecule has 0 saturated heterocycles. The van der Waals surface area contributed by atoms with Crippen molar-refractivity contribution >= 4 is 5.97 Å². The van der Waals surface area contributed by atoms with Gasteiger partial charge < -0.3 is 9.84 Å². The van der Waals surface area contributed by atoms with Crippen LogP contribution in [-0.2, 0) is 4.79 Å². The Hall–Kier alpha value is -1.51. The average molecular weight is 318 g/mol. The van der Waals surface area contributed by atoms with E-state index < -0.39 is 5.97 Å². The van der Waals surface area contributed by atoms with Crippen molar-refractivity contribution in [2.75, 3.05) is 6.61 Å². The lowest BCUT2D eigenvalue weighted by Gasteiger charge is -2.26. The molecule has 1 saturated carbocycles. The van der Waals surface area contributed by atoms with Crippen LogP contribution < -0.4 is 4.74 Å². The second kappa shape index (κ2) is 9.59. The lowest BCUT2D eigenvalue weighted by atomic mass is 9.79. The molecule has 0 unspecified atom stereocenters. The van der Waals surface area contributed by atoms with Crippen LogP contribution in [0.4, 0.5) is 0 Å². The standard InChI is InChI=1S/C20H30O3/c1-16-7-9-17(10-8-16)18-11-13-19(14-12-18)23-15-5-3-2-4-6-20(21)22/h11-14,16-17H,2-10,15H2,1H3,(H,21,22). The topological polar surface area (TPSA) is 46.5 Å². The minimum Gasteiger partial charge on any atom is -0.494 e. The van der Waals surface area contributed by atoms with Gasteiger partial charge in [-0.1, -0.05) is 44.7 Å². The minimum absolute atomic E-state index is 0.280. The molecule has 1 aliphatic carbocycles. The van der Waals surface area contributed by atoms with Crippen molar-refractivity contribution < 1.29 is 14.6 Å². The molecule has 0 spiro atoms. The van der Waals surface area contributed by atoms with E-state index in [0.717, 1.165) is 43.3 Å². The van der Waals surface area contributed by atoms with Gasteiger partial charge >= 0.3 is 5.97 Å². The molecule has 3 nitrogen and oxygen atoms in total. The quantitative estimate of drug-likeness (QED) is 0.621. The SMILES string of the molecule is CC1CCC(c2ccc(OCCCCCCC(=O)O)cc2)CC1. The molecule has 1 fully saturated rings. The average Bonchev–Trinajstić information content (AvgIpc) is 2.55. The lowest BCUT2D eigenvalue weighted by molar-refractivity contribution is -0.137. The van der Waals surface area contributed by atoms with E-state index in [1.54, 1.807) is 0 Å². The first kappa shape index (κ1) is 17.8. The molecular weight excluding hydrogens is 288 g/mol. The van der Waals surface area contributed by atoms with E-state index in [-0.39, 0.29) is 6.42 Å². The highest BCUT2D eigenvalue weighted by atomic mass is 16.5. The van der Waals surface area contributed by atoms with E-state index in [1.807, 2.05) is 0 Å². The first-order valence-electron chi connectivity index (χ1n) is 9.09. The summed E-state index contributed by atoms with van der Waals surface area (Å²) < 4.78 is 5.78. The number of hydrogen-bond acceptors (Lipinski definition) is 2. The van der Waals surface area contributed by atoms with Crippen molar-refractivity contribution in [3.63, 3.8) is 0 Å². The van der Waals surface area contributed by atoms with Gasteiger partial charge in [0.15, 0.2) is 0 Å². The molecule has 23 heavy (non-hydrogen) atoms. The van der Waals surface area contributed by atoms with Gasteiger partial charge in [0.05, 0.1) is 6.61 Å². The van der Waals surface area contributed by atoms with Gasteiger partial charge in [0, 0.05) is 6.42 Å². The molecule has 1 aromatic carbocycles. The maximum Gasteiger partial charge on any atom is 0.303 e. The molecule has 128 valence electrons. The maximum atomic E-state index is 10.4. The molecule has 2 rings (SSSR count). The molecule has 0 heterocycles. The molecule has 0 bridgehead atoms. The summed E-state index contributed by atoms with van der Waals surface area (Å²) in [4.78, 5) is 10.4. The zero-order chi connectivity index (χ0) is 16.5. The summed E-state index contributed by atoms with van der Waals surface area (Å²) in [7, 11) is 0. The van der Waals surface area contributed by atoms with Crippen molar-refractivity contribution in [3.8, 4) is 5.75 Å². The number of carbonyl (C=O) groups is 1. The highest BCUT2D eigenvalue weighted by Crippen LogP contribution is 2.35. The van der Waals surface area contributed by atoms with Crippen LogP contribution in [0.3, 0.4) is 0 Å². The highest BCUT2D eigenvalue weighted by molar-refractivity contribution is 5.66. The second-order valence-corrected chi connectivity index (χ2v) is 6.93. The fraction of sp³-hybridized carbons (Fsp3) is 0.650. The summed E-state index contributed by atoms with van der Waals surface area (Å²) in [5.74, 6) is 1.87. The maximum absolute atomic E-state index is 10.4. The number of aliphatic carboxylic acids is 1. The Morgan fingerprint density at radius 1 is 1.04 bits per heavy atom. The molecule has 3 heteroatoms. The molecule has 0 aromatic heterocycles. The second-order valence-electron chi connectivity index (χ2n) is 6.93. The van der Waals surface area contributed by atoms with Crippen LogP contribution in [0.5, 0.6) is 5.75 Å². The van der Waals surface area contributed by atoms with Gasteiger partial charge in [0.1, 0.15) is 5.75 Å². The van der Waals surface area contributed by atoms with Gasteiger partial charge in [-0.3, -0.25) is 4.79 Å². The van der Waals surface area contributed by atoms with Crippen LogP contribution in [0.25, 0.3) is 0 Å². The number of rotatable bonds is 9. The third-order valence-corrected chi connectivity index (χ3v) is 4.92. The first-order valence-corrected chi connectivity index (χ1v) is 9.09. The van der Waals surface area contributed by atoms with E-state index in [4.69, 9.17) is 9.84 Å². The van der Waals surface area contributed by atoms with Gasteiger partial charge in [-0.15, -0.1) is 0 Å². The molecule has 1 aliphatic rings. The number of ether oxygens (including phenoxy) is 1. The van der Waals surface area contributed by atoms with Crippen LogP contribution in [0.15, 0.2) is 24.3 Å². The van der Waals surface area contributed by atoms with Crippen LogP contribution in [0, 0.1) is 5.92 Å². The van der Waals surface area contributed by atoms with Gasteiger partial charge in [-0.2, -0.15) is 0 Å². The van der Waals surface area contributed by atoms with Crippen LogP contribution in [0.1, 0.15) is 76.2 Å². The molecule has 0 atom stereocenters. The molecule has 1 aromatic rings. The Bertz CT molecular complexity index is 458. The van der Waals surface area contributed by atoms with Crippen molar-refractivity contribution in [3.05, 3.63) is 29.8 Å². The van der Waals surface area contributed by atoms with Crippen LogP contribution >= 0.6 is 0 Å². The largest absolute Gasteiger partial charge is 0.494 e. The zero-order valence-electron chi connectivity index (χ0n) is 14.3. The van der Waals surface area contributed by atoms with E-state index in [9.17, 15) is 4.79 Å². The fourth-order valence-electron chi connectivity index (χ4n) is 3.35. The van der Waals surface area contributed by atoms with E-state index in [0.29, 0.717) is 6.61 Å². The Kier molecular flexibility index (Phi) is 7.44. The monoisotopic (exact) mass is 318 g/mol. The first-order chi connectivity index (χ1) is 11.1. The highest BCUT2D eigenvalue weighted by Gasteiger charge is 2.19. The Balaban J connectivity index is 1.62. The summed E-state index contributed by atoms with van der Waals surface area (Å²) in [5, 5.41) is 8.57. The van der Waals surface area contributed by atoms with Gasteiger partial charge in [0.25, 0.3) is 0 Å². The van der Waals surface area contributed by atoms with Crippen molar-refractivity contribution in [2.24, 2.45) is 5.92 Å². The lowest BCUT2D eigenvalue weighted by Crippen LogP contribution is -2.10. The summed E-state index contributed by atoms with van der Waals surface area (Å²) in [6, 6.07) is 8.64. The molecule has 0 amide bonds. The molecule has 1 N–H and O–H groups in total. The van der Waals surface area contributed by atoms with E-state index >= 15 is 0 Å². The molecular formula is C20H30O3. The number of carboxylic acids is 1. The number of carboxylic acid groups (broad SMARTS) is 1. The van der Waals surface area contributed by atoms with Crippen molar-refractivity contribution in [1.29, 1.82) is 0 Å². The van der Waals surface area contributed by atoms with E-state index in [1.165, 1.54) is 31.2 Å². The van der Waals surface area contributed by atoms with Gasteiger partial charge in [-0.05, 0) is 55.2 Å². The third kappa shape index (κ3) is 6.64. The van der Waals surface area contributed by atoms with Crippen molar-refractivity contribution in [1.82, 2.24) is 0 Å². The number of hydrogen-bond donors (Lipinski definition) is 1.